The Morgan fingerprint density at radius 1 is 1.53 bits per heavy atom. The molecule has 2 fully saturated rings. The largest absolute Gasteiger partial charge is 0.327 e. The maximum absolute atomic E-state index is 12.7. The Kier molecular flexibility index (Phi) is 3.62. The lowest BCUT2D eigenvalue weighted by atomic mass is 9.82. The normalized spacial score (nSPS) is 35.4. The number of carbonyl (C=O) groups excluding carboxylic acids is 3. The van der Waals surface area contributed by atoms with E-state index in [1.54, 1.807) is 0 Å². The minimum Gasteiger partial charge on any atom is -0.327 e. The van der Waals surface area contributed by atoms with Crippen LogP contribution in [0.2, 0.25) is 0 Å². The van der Waals surface area contributed by atoms with Crippen molar-refractivity contribution in [2.75, 3.05) is 6.54 Å². The summed E-state index contributed by atoms with van der Waals surface area (Å²) in [6.07, 6.45) is 2.94. The van der Waals surface area contributed by atoms with Gasteiger partial charge in [0.25, 0.3) is 0 Å². The van der Waals surface area contributed by atoms with Crippen LogP contribution in [0.3, 0.4) is 0 Å². The fourth-order valence-electron chi connectivity index (χ4n) is 3.07. The van der Waals surface area contributed by atoms with Crippen LogP contribution in [0, 0.1) is 5.41 Å². The fourth-order valence-corrected chi connectivity index (χ4v) is 3.07. The van der Waals surface area contributed by atoms with E-state index in [2.05, 4.69) is 5.32 Å². The number of nitrogens with two attached hydrogens (primary N) is 1. The lowest BCUT2D eigenvalue weighted by Gasteiger charge is -2.39. The first-order valence-corrected chi connectivity index (χ1v) is 6.80. The third kappa shape index (κ3) is 2.25. The van der Waals surface area contributed by atoms with Gasteiger partial charge in [-0.05, 0) is 26.2 Å². The van der Waals surface area contributed by atoms with E-state index in [1.807, 2.05) is 13.8 Å². The van der Waals surface area contributed by atoms with Crippen LogP contribution in [0.1, 0.15) is 39.5 Å². The topological polar surface area (TPSA) is 92.5 Å². The molecule has 1 heterocycles. The second kappa shape index (κ2) is 4.92. The predicted molar refractivity (Wildman–Crippen MR) is 68.9 cm³/mol. The summed E-state index contributed by atoms with van der Waals surface area (Å²) in [7, 11) is 0. The number of hydrogen-bond donors (Lipinski definition) is 2. The molecule has 0 aromatic heterocycles. The molecule has 0 bridgehead atoms. The van der Waals surface area contributed by atoms with Crippen molar-refractivity contribution >= 4 is 17.7 Å². The molecule has 1 aliphatic heterocycles. The van der Waals surface area contributed by atoms with Gasteiger partial charge in [0.05, 0.1) is 5.41 Å². The average Bonchev–Trinajstić information content (AvgIpc) is 2.69. The Morgan fingerprint density at radius 2 is 2.21 bits per heavy atom. The maximum Gasteiger partial charge on any atom is 0.249 e. The number of nitrogens with one attached hydrogen (secondary N) is 1. The van der Waals surface area contributed by atoms with Crippen molar-refractivity contribution in [1.82, 2.24) is 10.2 Å². The summed E-state index contributed by atoms with van der Waals surface area (Å²) in [6, 6.07) is -0.757. The van der Waals surface area contributed by atoms with E-state index in [4.69, 9.17) is 5.73 Å². The molecule has 3 amide bonds. The van der Waals surface area contributed by atoms with Crippen molar-refractivity contribution in [2.45, 2.75) is 51.6 Å². The molecule has 0 spiro atoms. The highest BCUT2D eigenvalue weighted by molar-refractivity contribution is 6.05. The van der Waals surface area contributed by atoms with Gasteiger partial charge in [-0.25, -0.2) is 0 Å². The summed E-state index contributed by atoms with van der Waals surface area (Å²) >= 11 is 0. The molecule has 3 atom stereocenters. The summed E-state index contributed by atoms with van der Waals surface area (Å²) in [5.74, 6) is -0.965. The molecule has 19 heavy (non-hydrogen) atoms. The van der Waals surface area contributed by atoms with Crippen molar-refractivity contribution in [3.8, 4) is 0 Å². The molecule has 6 heteroatoms. The number of hydrogen-bond acceptors (Lipinski definition) is 4. The first-order chi connectivity index (χ1) is 8.90. The van der Waals surface area contributed by atoms with Crippen LogP contribution in [0.5, 0.6) is 0 Å². The highest BCUT2D eigenvalue weighted by Crippen LogP contribution is 2.39. The highest BCUT2D eigenvalue weighted by Gasteiger charge is 2.48. The van der Waals surface area contributed by atoms with Crippen molar-refractivity contribution < 1.29 is 14.4 Å². The van der Waals surface area contributed by atoms with Crippen LogP contribution in [0.4, 0.5) is 0 Å². The summed E-state index contributed by atoms with van der Waals surface area (Å²) in [5.41, 5.74) is 5.40. The number of piperazine rings is 1. The van der Waals surface area contributed by atoms with Crippen molar-refractivity contribution in [2.24, 2.45) is 11.1 Å². The molecule has 1 saturated carbocycles. The molecule has 3 unspecified atom stereocenters. The minimum absolute atomic E-state index is 0.0502. The zero-order valence-electron chi connectivity index (χ0n) is 11.4. The summed E-state index contributed by atoms with van der Waals surface area (Å²) in [5, 5.41) is 2.28. The van der Waals surface area contributed by atoms with Crippen LogP contribution in [-0.4, -0.2) is 41.2 Å². The van der Waals surface area contributed by atoms with Gasteiger partial charge in [-0.1, -0.05) is 13.3 Å². The zero-order chi connectivity index (χ0) is 14.2. The molecule has 2 aliphatic rings. The first kappa shape index (κ1) is 14.0. The lowest BCUT2D eigenvalue weighted by Crippen LogP contribution is -2.63. The number of rotatable bonds is 2. The Bertz CT molecular complexity index is 423. The number of carbonyl (C=O) groups is 3. The SMILES string of the molecule is CCC1C(=O)NC(=O)CN1C(=O)C1(C)CCCC1N. The van der Waals surface area contributed by atoms with Gasteiger partial charge < -0.3 is 10.6 Å². The van der Waals surface area contributed by atoms with Gasteiger partial charge in [0.15, 0.2) is 0 Å². The molecule has 2 rings (SSSR count). The summed E-state index contributed by atoms with van der Waals surface area (Å²) < 4.78 is 0. The smallest absolute Gasteiger partial charge is 0.249 e. The molecule has 0 aromatic rings. The van der Waals surface area contributed by atoms with E-state index >= 15 is 0 Å². The Hall–Kier alpha value is -1.43. The van der Waals surface area contributed by atoms with Gasteiger partial charge in [-0.3, -0.25) is 19.7 Å². The van der Waals surface area contributed by atoms with Crippen LogP contribution in [-0.2, 0) is 14.4 Å². The van der Waals surface area contributed by atoms with E-state index < -0.39 is 17.4 Å². The second-order valence-electron chi connectivity index (χ2n) is 5.69. The Balaban J connectivity index is 2.25. The standard InChI is InChI=1S/C13H21N3O3/c1-3-8-11(18)15-10(17)7-16(8)12(19)13(2)6-4-5-9(13)14/h8-9H,3-7,14H2,1-2H3,(H,15,17,18). The van der Waals surface area contributed by atoms with Gasteiger partial charge in [0, 0.05) is 6.04 Å². The number of amides is 3. The predicted octanol–water partition coefficient (Wildman–Crippen LogP) is -0.232. The molecular weight excluding hydrogens is 246 g/mol. The average molecular weight is 267 g/mol. The highest BCUT2D eigenvalue weighted by atomic mass is 16.2. The van der Waals surface area contributed by atoms with Crippen LogP contribution in [0.25, 0.3) is 0 Å². The molecule has 1 aliphatic carbocycles. The van der Waals surface area contributed by atoms with Crippen LogP contribution >= 0.6 is 0 Å². The van der Waals surface area contributed by atoms with Gasteiger partial charge >= 0.3 is 0 Å². The van der Waals surface area contributed by atoms with Crippen LogP contribution < -0.4 is 11.1 Å². The number of imide groups is 1. The Morgan fingerprint density at radius 3 is 2.74 bits per heavy atom. The third-order valence-corrected chi connectivity index (χ3v) is 4.42. The molecule has 6 nitrogen and oxygen atoms in total. The third-order valence-electron chi connectivity index (χ3n) is 4.42. The van der Waals surface area contributed by atoms with E-state index in [9.17, 15) is 14.4 Å². The summed E-state index contributed by atoms with van der Waals surface area (Å²) in [4.78, 5) is 37.4. The van der Waals surface area contributed by atoms with E-state index in [0.29, 0.717) is 6.42 Å². The number of nitrogens with zero attached hydrogens (tertiary/aromatic N) is 1. The van der Waals surface area contributed by atoms with Gasteiger partial charge in [0.2, 0.25) is 17.7 Å². The van der Waals surface area contributed by atoms with Crippen molar-refractivity contribution in [3.05, 3.63) is 0 Å². The molecule has 106 valence electrons. The van der Waals surface area contributed by atoms with Crippen LogP contribution in [0.15, 0.2) is 0 Å². The maximum atomic E-state index is 12.7. The van der Waals surface area contributed by atoms with E-state index in [-0.39, 0.29) is 24.4 Å². The Labute approximate surface area is 112 Å². The van der Waals surface area contributed by atoms with Gasteiger partial charge in [-0.2, -0.15) is 0 Å². The van der Waals surface area contributed by atoms with E-state index in [0.717, 1.165) is 19.3 Å². The second-order valence-corrected chi connectivity index (χ2v) is 5.69. The molecule has 0 radical (unpaired) electrons. The fraction of sp³-hybridized carbons (Fsp3) is 0.769. The van der Waals surface area contributed by atoms with E-state index in [1.165, 1.54) is 4.90 Å². The monoisotopic (exact) mass is 267 g/mol. The lowest BCUT2D eigenvalue weighted by molar-refractivity contribution is -0.156. The molecule has 1 saturated heterocycles. The van der Waals surface area contributed by atoms with Gasteiger partial charge in [0.1, 0.15) is 12.6 Å². The molecule has 0 aromatic carbocycles. The zero-order valence-corrected chi connectivity index (χ0v) is 11.4. The minimum atomic E-state index is -0.647. The molecule has 3 N–H and O–H groups in total. The quantitative estimate of drug-likeness (QED) is 0.676. The van der Waals surface area contributed by atoms with Gasteiger partial charge in [-0.15, -0.1) is 0 Å². The van der Waals surface area contributed by atoms with Crippen molar-refractivity contribution in [3.63, 3.8) is 0 Å². The first-order valence-electron chi connectivity index (χ1n) is 6.80. The molecular formula is C13H21N3O3. The van der Waals surface area contributed by atoms with Crippen molar-refractivity contribution in [1.29, 1.82) is 0 Å². The summed E-state index contributed by atoms with van der Waals surface area (Å²) in [6.45, 7) is 3.62.